The van der Waals surface area contributed by atoms with Crippen LogP contribution in [0.4, 0.5) is 0 Å². The summed E-state index contributed by atoms with van der Waals surface area (Å²) in [7, 11) is 0. The Labute approximate surface area is 96.5 Å². The molecule has 0 spiro atoms. The molecule has 1 aromatic carbocycles. The highest BCUT2D eigenvalue weighted by atomic mass is 16.1. The van der Waals surface area contributed by atoms with Gasteiger partial charge in [-0.05, 0) is 20.3 Å². The van der Waals surface area contributed by atoms with E-state index in [-0.39, 0.29) is 11.7 Å². The van der Waals surface area contributed by atoms with Crippen molar-refractivity contribution in [1.29, 1.82) is 0 Å². The van der Waals surface area contributed by atoms with Crippen molar-refractivity contribution in [3.63, 3.8) is 0 Å². The number of hydrogen-bond donors (Lipinski definition) is 0. The molecule has 0 bridgehead atoms. The third-order valence-electron chi connectivity index (χ3n) is 2.96. The predicted octanol–water partition coefficient (Wildman–Crippen LogP) is 3.70. The van der Waals surface area contributed by atoms with Crippen LogP contribution in [-0.2, 0) is 0 Å². The summed E-state index contributed by atoms with van der Waals surface area (Å²) in [5, 5.41) is 0. The van der Waals surface area contributed by atoms with E-state index in [1.807, 2.05) is 43.3 Å². The van der Waals surface area contributed by atoms with Gasteiger partial charge in [-0.25, -0.2) is 0 Å². The summed E-state index contributed by atoms with van der Waals surface area (Å²) >= 11 is 0. The van der Waals surface area contributed by atoms with Crippen LogP contribution in [0.3, 0.4) is 0 Å². The molecule has 16 heavy (non-hydrogen) atoms. The third kappa shape index (κ3) is 2.30. The number of Topliss-reactive ketones (excluding diaryl/α,β-unsaturated/α-hetero) is 1. The zero-order chi connectivity index (χ0) is 11.5. The van der Waals surface area contributed by atoms with Gasteiger partial charge in [-0.3, -0.25) is 4.79 Å². The number of aryl methyl sites for hydroxylation is 1. The van der Waals surface area contributed by atoms with Gasteiger partial charge in [0.05, 0.1) is 0 Å². The first-order chi connectivity index (χ1) is 7.66. The summed E-state index contributed by atoms with van der Waals surface area (Å²) in [4.78, 5) is 12.1. The number of rotatable bonds is 2. The van der Waals surface area contributed by atoms with Gasteiger partial charge in [0, 0.05) is 11.5 Å². The number of hydrogen-bond acceptors (Lipinski definition) is 1. The second-order valence-corrected chi connectivity index (χ2v) is 4.38. The lowest BCUT2D eigenvalue weighted by Crippen LogP contribution is -2.13. The molecule has 0 fully saturated rings. The summed E-state index contributed by atoms with van der Waals surface area (Å²) in [6.07, 6.45) is 6.99. The molecule has 1 unspecified atom stereocenters. The molecule has 1 atom stereocenters. The quantitative estimate of drug-likeness (QED) is 0.683. The molecular weight excluding hydrogens is 196 g/mol. The Morgan fingerprint density at radius 2 is 1.88 bits per heavy atom. The molecule has 1 aliphatic rings. The second kappa shape index (κ2) is 4.48. The fourth-order valence-corrected chi connectivity index (χ4v) is 1.85. The Morgan fingerprint density at radius 3 is 2.44 bits per heavy atom. The molecule has 1 nitrogen and oxygen atoms in total. The molecule has 1 aromatic rings. The number of allylic oxidation sites excluding steroid dienone is 4. The van der Waals surface area contributed by atoms with Crippen molar-refractivity contribution in [3.8, 4) is 0 Å². The molecule has 0 saturated carbocycles. The van der Waals surface area contributed by atoms with E-state index in [4.69, 9.17) is 0 Å². The Kier molecular flexibility index (Phi) is 3.04. The largest absolute Gasteiger partial charge is 0.294 e. The zero-order valence-corrected chi connectivity index (χ0v) is 9.73. The highest BCUT2D eigenvalue weighted by Gasteiger charge is 2.17. The van der Waals surface area contributed by atoms with E-state index in [1.165, 1.54) is 11.1 Å². The van der Waals surface area contributed by atoms with Gasteiger partial charge < -0.3 is 0 Å². The highest BCUT2D eigenvalue weighted by molar-refractivity contribution is 5.99. The highest BCUT2D eigenvalue weighted by Crippen LogP contribution is 2.20. The standard InChI is InChI=1S/C15H16O/c1-11-3-7-13(8-4-11)15(16)14-9-5-12(2)6-10-14/h3-9,14H,10H2,1-2H3. The molecule has 1 heteroatoms. The minimum Gasteiger partial charge on any atom is -0.294 e. The van der Waals surface area contributed by atoms with E-state index in [0.717, 1.165) is 12.0 Å². The zero-order valence-electron chi connectivity index (χ0n) is 9.73. The molecule has 2 rings (SSSR count). The van der Waals surface area contributed by atoms with Crippen LogP contribution in [0.15, 0.2) is 48.1 Å². The second-order valence-electron chi connectivity index (χ2n) is 4.38. The van der Waals surface area contributed by atoms with Crippen molar-refractivity contribution in [2.45, 2.75) is 20.3 Å². The SMILES string of the molecule is CC1=CCC(C(=O)c2ccc(C)cc2)C=C1. The van der Waals surface area contributed by atoms with Crippen molar-refractivity contribution < 1.29 is 4.79 Å². The van der Waals surface area contributed by atoms with Gasteiger partial charge >= 0.3 is 0 Å². The lowest BCUT2D eigenvalue weighted by molar-refractivity contribution is 0.0945. The maximum Gasteiger partial charge on any atom is 0.170 e. The molecule has 0 radical (unpaired) electrons. The first-order valence-electron chi connectivity index (χ1n) is 5.62. The van der Waals surface area contributed by atoms with Crippen molar-refractivity contribution >= 4 is 5.78 Å². The minimum absolute atomic E-state index is 0.0198. The fourth-order valence-electron chi connectivity index (χ4n) is 1.85. The third-order valence-corrected chi connectivity index (χ3v) is 2.96. The molecule has 0 heterocycles. The van der Waals surface area contributed by atoms with Gasteiger partial charge in [0.25, 0.3) is 0 Å². The molecule has 82 valence electrons. The smallest absolute Gasteiger partial charge is 0.170 e. The molecule has 0 aromatic heterocycles. The van der Waals surface area contributed by atoms with Crippen LogP contribution in [0.2, 0.25) is 0 Å². The summed E-state index contributed by atoms with van der Waals surface area (Å²) in [5.41, 5.74) is 3.24. The van der Waals surface area contributed by atoms with Crippen molar-refractivity contribution in [1.82, 2.24) is 0 Å². The minimum atomic E-state index is 0.0198. The van der Waals surface area contributed by atoms with Gasteiger partial charge in [0.2, 0.25) is 0 Å². The van der Waals surface area contributed by atoms with Gasteiger partial charge in [-0.1, -0.05) is 53.6 Å². The van der Waals surface area contributed by atoms with Crippen LogP contribution in [0, 0.1) is 12.8 Å². The van der Waals surface area contributed by atoms with E-state index in [1.54, 1.807) is 0 Å². The molecule has 1 aliphatic carbocycles. The Bertz CT molecular complexity index is 449. The fraction of sp³-hybridized carbons (Fsp3) is 0.267. The summed E-state index contributed by atoms with van der Waals surface area (Å²) in [6.45, 7) is 4.09. The first kappa shape index (κ1) is 10.9. The van der Waals surface area contributed by atoms with E-state index in [0.29, 0.717) is 0 Å². The van der Waals surface area contributed by atoms with Crippen LogP contribution in [0.1, 0.15) is 29.3 Å². The summed E-state index contributed by atoms with van der Waals surface area (Å²) < 4.78 is 0. The maximum atomic E-state index is 12.1. The molecule has 0 N–H and O–H groups in total. The lowest BCUT2D eigenvalue weighted by atomic mass is 9.90. The van der Waals surface area contributed by atoms with Crippen LogP contribution >= 0.6 is 0 Å². The van der Waals surface area contributed by atoms with E-state index in [2.05, 4.69) is 13.0 Å². The van der Waals surface area contributed by atoms with Gasteiger partial charge in [0.15, 0.2) is 5.78 Å². The molecular formula is C15H16O. The van der Waals surface area contributed by atoms with Crippen LogP contribution in [-0.4, -0.2) is 5.78 Å². The van der Waals surface area contributed by atoms with E-state index in [9.17, 15) is 4.79 Å². The van der Waals surface area contributed by atoms with Crippen LogP contribution in [0.25, 0.3) is 0 Å². The lowest BCUT2D eigenvalue weighted by Gasteiger charge is -2.13. The number of benzene rings is 1. The normalized spacial score (nSPS) is 19.4. The number of carbonyl (C=O) groups is 1. The topological polar surface area (TPSA) is 17.1 Å². The van der Waals surface area contributed by atoms with Gasteiger partial charge in [-0.15, -0.1) is 0 Å². The summed E-state index contributed by atoms with van der Waals surface area (Å²) in [6, 6.07) is 7.80. The van der Waals surface area contributed by atoms with Gasteiger partial charge in [-0.2, -0.15) is 0 Å². The predicted molar refractivity (Wildman–Crippen MR) is 66.5 cm³/mol. The molecule has 0 saturated heterocycles. The molecule has 0 aliphatic heterocycles. The van der Waals surface area contributed by atoms with E-state index >= 15 is 0 Å². The number of carbonyl (C=O) groups excluding carboxylic acids is 1. The van der Waals surface area contributed by atoms with Crippen LogP contribution < -0.4 is 0 Å². The first-order valence-corrected chi connectivity index (χ1v) is 5.62. The van der Waals surface area contributed by atoms with Crippen molar-refractivity contribution in [3.05, 3.63) is 59.2 Å². The maximum absolute atomic E-state index is 12.1. The van der Waals surface area contributed by atoms with Crippen LogP contribution in [0.5, 0.6) is 0 Å². The Hall–Kier alpha value is -1.63. The van der Waals surface area contributed by atoms with E-state index < -0.39 is 0 Å². The summed E-state index contributed by atoms with van der Waals surface area (Å²) in [5.74, 6) is 0.242. The average Bonchev–Trinajstić information content (AvgIpc) is 2.30. The average molecular weight is 212 g/mol. The Balaban J connectivity index is 2.15. The Morgan fingerprint density at radius 1 is 1.19 bits per heavy atom. The number of ketones is 1. The van der Waals surface area contributed by atoms with Crippen molar-refractivity contribution in [2.24, 2.45) is 5.92 Å². The van der Waals surface area contributed by atoms with Gasteiger partial charge in [0.1, 0.15) is 0 Å². The molecule has 0 amide bonds. The monoisotopic (exact) mass is 212 g/mol. The van der Waals surface area contributed by atoms with Crippen molar-refractivity contribution in [2.75, 3.05) is 0 Å².